The van der Waals surface area contributed by atoms with Crippen LogP contribution in [0.1, 0.15) is 26.5 Å². The molecule has 2 aromatic heterocycles. The maximum absolute atomic E-state index is 11.3. The van der Waals surface area contributed by atoms with E-state index in [1.807, 2.05) is 32.9 Å². The predicted molar refractivity (Wildman–Crippen MR) is 84.5 cm³/mol. The lowest BCUT2D eigenvalue weighted by molar-refractivity contribution is -0.138. The van der Waals surface area contributed by atoms with Crippen LogP contribution in [0.2, 0.25) is 0 Å². The Labute approximate surface area is 129 Å². The van der Waals surface area contributed by atoms with Crippen molar-refractivity contribution >= 4 is 11.8 Å². The van der Waals surface area contributed by atoms with Crippen molar-refractivity contribution < 1.29 is 9.90 Å². The average molecular weight is 300 g/mol. The summed E-state index contributed by atoms with van der Waals surface area (Å²) in [6, 6.07) is 4.76. The smallest absolute Gasteiger partial charge is 0.326 e. The van der Waals surface area contributed by atoms with Gasteiger partial charge < -0.3 is 10.4 Å². The summed E-state index contributed by atoms with van der Waals surface area (Å²) < 4.78 is 0. The van der Waals surface area contributed by atoms with E-state index in [-0.39, 0.29) is 5.92 Å². The fourth-order valence-corrected chi connectivity index (χ4v) is 2.06. The third-order valence-electron chi connectivity index (χ3n) is 3.32. The lowest BCUT2D eigenvalue weighted by Crippen LogP contribution is -2.34. The molecule has 0 spiro atoms. The molecule has 0 radical (unpaired) electrons. The molecule has 6 nitrogen and oxygen atoms in total. The zero-order valence-corrected chi connectivity index (χ0v) is 12.9. The van der Waals surface area contributed by atoms with Crippen LogP contribution >= 0.6 is 0 Å². The van der Waals surface area contributed by atoms with E-state index in [4.69, 9.17) is 0 Å². The topological polar surface area (TPSA) is 88.0 Å². The summed E-state index contributed by atoms with van der Waals surface area (Å²) in [6.45, 7) is 5.72. The van der Waals surface area contributed by atoms with E-state index < -0.39 is 12.0 Å². The second-order valence-corrected chi connectivity index (χ2v) is 5.36. The number of aromatic nitrogens is 3. The van der Waals surface area contributed by atoms with Gasteiger partial charge in [0, 0.05) is 29.7 Å². The van der Waals surface area contributed by atoms with Gasteiger partial charge in [-0.2, -0.15) is 0 Å². The number of aliphatic carboxylic acids is 1. The maximum Gasteiger partial charge on any atom is 0.326 e. The van der Waals surface area contributed by atoms with Crippen molar-refractivity contribution in [3.63, 3.8) is 0 Å². The molecule has 0 saturated heterocycles. The Morgan fingerprint density at radius 2 is 1.95 bits per heavy atom. The van der Waals surface area contributed by atoms with Gasteiger partial charge in [-0.1, -0.05) is 20.8 Å². The van der Waals surface area contributed by atoms with E-state index in [2.05, 4.69) is 20.3 Å². The number of rotatable bonds is 6. The zero-order chi connectivity index (χ0) is 16.1. The molecule has 0 aliphatic rings. The Bertz CT molecular complexity index is 644. The van der Waals surface area contributed by atoms with Crippen molar-refractivity contribution in [1.82, 2.24) is 15.0 Å². The predicted octanol–water partition coefficient (Wildman–Crippen LogP) is 2.62. The van der Waals surface area contributed by atoms with Crippen LogP contribution in [0.25, 0.3) is 11.4 Å². The number of nitrogens with zero attached hydrogens (tertiary/aromatic N) is 3. The molecule has 2 heterocycles. The monoisotopic (exact) mass is 300 g/mol. The number of pyridine rings is 1. The van der Waals surface area contributed by atoms with Crippen LogP contribution in [0.5, 0.6) is 0 Å². The fraction of sp³-hybridized carbons (Fsp3) is 0.375. The number of aryl methyl sites for hydroxylation is 1. The summed E-state index contributed by atoms with van der Waals surface area (Å²) in [5, 5.41) is 12.3. The van der Waals surface area contributed by atoms with Gasteiger partial charge >= 0.3 is 5.97 Å². The molecule has 0 aliphatic carbocycles. The van der Waals surface area contributed by atoms with Gasteiger partial charge in [0.1, 0.15) is 11.9 Å². The number of anilines is 1. The van der Waals surface area contributed by atoms with Gasteiger partial charge in [0.25, 0.3) is 0 Å². The molecule has 1 atom stereocenters. The van der Waals surface area contributed by atoms with Crippen LogP contribution in [0.15, 0.2) is 30.6 Å². The van der Waals surface area contributed by atoms with Crippen molar-refractivity contribution in [1.29, 1.82) is 0 Å². The minimum atomic E-state index is -0.892. The molecule has 0 amide bonds. The number of hydrogen-bond acceptors (Lipinski definition) is 5. The Morgan fingerprint density at radius 1 is 1.27 bits per heavy atom. The summed E-state index contributed by atoms with van der Waals surface area (Å²) in [5.41, 5.74) is 1.71. The Morgan fingerprint density at radius 3 is 2.50 bits per heavy atom. The first-order valence-corrected chi connectivity index (χ1v) is 7.29. The van der Waals surface area contributed by atoms with Crippen LogP contribution in [0, 0.1) is 5.92 Å². The summed E-state index contributed by atoms with van der Waals surface area (Å²) in [4.78, 5) is 24.3. The summed E-state index contributed by atoms with van der Waals surface area (Å²) in [7, 11) is 0. The SMILES string of the molecule is CCc1cc(N[C@H](C(=O)O)C(C)C)nc(-c2ccncc2)n1. The Balaban J connectivity index is 2.38. The maximum atomic E-state index is 11.3. The minimum absolute atomic E-state index is 0.0538. The van der Waals surface area contributed by atoms with Gasteiger partial charge in [-0.25, -0.2) is 14.8 Å². The summed E-state index contributed by atoms with van der Waals surface area (Å²) >= 11 is 0. The normalized spacial score (nSPS) is 12.2. The van der Waals surface area contributed by atoms with Gasteiger partial charge in [-0.3, -0.25) is 4.98 Å². The van der Waals surface area contributed by atoms with Gasteiger partial charge in [0.05, 0.1) is 0 Å². The highest BCUT2D eigenvalue weighted by Crippen LogP contribution is 2.19. The van der Waals surface area contributed by atoms with E-state index in [0.29, 0.717) is 11.6 Å². The molecule has 0 bridgehead atoms. The molecule has 0 fully saturated rings. The number of carboxylic acid groups (broad SMARTS) is 1. The van der Waals surface area contributed by atoms with Crippen molar-refractivity contribution in [3.05, 3.63) is 36.3 Å². The van der Waals surface area contributed by atoms with Gasteiger partial charge in [0.15, 0.2) is 5.82 Å². The molecule has 0 unspecified atom stereocenters. The molecule has 22 heavy (non-hydrogen) atoms. The molecule has 2 aromatic rings. The quantitative estimate of drug-likeness (QED) is 0.852. The second kappa shape index (κ2) is 6.98. The van der Waals surface area contributed by atoms with Gasteiger partial charge in [0.2, 0.25) is 0 Å². The van der Waals surface area contributed by atoms with Crippen LogP contribution in [-0.2, 0) is 11.2 Å². The van der Waals surface area contributed by atoms with Crippen LogP contribution < -0.4 is 5.32 Å². The minimum Gasteiger partial charge on any atom is -0.480 e. The average Bonchev–Trinajstić information content (AvgIpc) is 2.52. The molecular formula is C16H20N4O2. The molecule has 0 aliphatic heterocycles. The zero-order valence-electron chi connectivity index (χ0n) is 12.9. The molecule has 116 valence electrons. The van der Waals surface area contributed by atoms with E-state index in [1.165, 1.54) is 0 Å². The highest BCUT2D eigenvalue weighted by Gasteiger charge is 2.22. The number of carbonyl (C=O) groups is 1. The largest absolute Gasteiger partial charge is 0.480 e. The fourth-order valence-electron chi connectivity index (χ4n) is 2.06. The first-order valence-electron chi connectivity index (χ1n) is 7.29. The molecule has 6 heteroatoms. The Hall–Kier alpha value is -2.50. The van der Waals surface area contributed by atoms with E-state index in [9.17, 15) is 9.90 Å². The van der Waals surface area contributed by atoms with Crippen LogP contribution in [0.4, 0.5) is 5.82 Å². The number of carboxylic acids is 1. The number of nitrogens with one attached hydrogen (secondary N) is 1. The molecule has 2 N–H and O–H groups in total. The highest BCUT2D eigenvalue weighted by atomic mass is 16.4. The lowest BCUT2D eigenvalue weighted by Gasteiger charge is -2.19. The highest BCUT2D eigenvalue weighted by molar-refractivity contribution is 5.77. The summed E-state index contributed by atoms with van der Waals surface area (Å²) in [5.74, 6) is 0.149. The first-order chi connectivity index (χ1) is 10.5. The van der Waals surface area contributed by atoms with Crippen LogP contribution in [0.3, 0.4) is 0 Å². The molecule has 0 aromatic carbocycles. The lowest BCUT2D eigenvalue weighted by atomic mass is 10.0. The van der Waals surface area contributed by atoms with Crippen molar-refractivity contribution in [3.8, 4) is 11.4 Å². The Kier molecular flexibility index (Phi) is 5.04. The van der Waals surface area contributed by atoms with E-state index in [0.717, 1.165) is 17.7 Å². The molecule has 0 saturated carbocycles. The van der Waals surface area contributed by atoms with Crippen molar-refractivity contribution in [2.45, 2.75) is 33.2 Å². The third-order valence-corrected chi connectivity index (χ3v) is 3.32. The second-order valence-electron chi connectivity index (χ2n) is 5.36. The van der Waals surface area contributed by atoms with Crippen molar-refractivity contribution in [2.75, 3.05) is 5.32 Å². The van der Waals surface area contributed by atoms with E-state index in [1.54, 1.807) is 18.5 Å². The summed E-state index contributed by atoms with van der Waals surface area (Å²) in [6.07, 6.45) is 4.10. The molecular weight excluding hydrogens is 280 g/mol. The van der Waals surface area contributed by atoms with Crippen LogP contribution in [-0.4, -0.2) is 32.1 Å². The van der Waals surface area contributed by atoms with Gasteiger partial charge in [-0.05, 0) is 24.5 Å². The molecule has 2 rings (SSSR count). The third kappa shape index (κ3) is 3.78. The standard InChI is InChI=1S/C16H20N4O2/c1-4-12-9-13(19-14(10(2)3)16(21)22)20-15(18-12)11-5-7-17-8-6-11/h5-10,14H,4H2,1-3H3,(H,21,22)(H,18,19,20)/t14-/m0/s1. The van der Waals surface area contributed by atoms with Gasteiger partial charge in [-0.15, -0.1) is 0 Å². The number of hydrogen-bond donors (Lipinski definition) is 2. The first kappa shape index (κ1) is 15.9. The van der Waals surface area contributed by atoms with E-state index >= 15 is 0 Å². The van der Waals surface area contributed by atoms with Crippen molar-refractivity contribution in [2.24, 2.45) is 5.92 Å².